The van der Waals surface area contributed by atoms with Crippen molar-refractivity contribution in [1.82, 2.24) is 5.32 Å². The summed E-state index contributed by atoms with van der Waals surface area (Å²) >= 11 is 0. The number of nitrogens with one attached hydrogen (secondary N) is 1. The van der Waals surface area contributed by atoms with Gasteiger partial charge >= 0.3 is 0 Å². The van der Waals surface area contributed by atoms with Crippen LogP contribution < -0.4 is 16.8 Å². The van der Waals surface area contributed by atoms with Gasteiger partial charge in [0.15, 0.2) is 0 Å². The minimum atomic E-state index is -0.787. The predicted molar refractivity (Wildman–Crippen MR) is 64.8 cm³/mol. The van der Waals surface area contributed by atoms with Gasteiger partial charge in [0.25, 0.3) is 0 Å². The van der Waals surface area contributed by atoms with Crippen LogP contribution in [-0.4, -0.2) is 17.9 Å². The third-order valence-corrected chi connectivity index (χ3v) is 2.51. The lowest BCUT2D eigenvalue weighted by molar-refractivity contribution is -0.128. The maximum absolute atomic E-state index is 11.8. The molecule has 5 N–H and O–H groups in total. The van der Waals surface area contributed by atoms with Crippen LogP contribution in [0.5, 0.6) is 0 Å². The molecule has 5 heteroatoms. The Morgan fingerprint density at radius 1 is 1.29 bits per heavy atom. The summed E-state index contributed by atoms with van der Waals surface area (Å²) < 4.78 is 0. The number of nitrogens with two attached hydrogens (primary N) is 2. The maximum Gasteiger partial charge on any atom is 0.242 e. The highest BCUT2D eigenvalue weighted by Crippen LogP contribution is 2.09. The van der Waals surface area contributed by atoms with E-state index >= 15 is 0 Å². The van der Waals surface area contributed by atoms with Crippen molar-refractivity contribution in [2.24, 2.45) is 11.5 Å². The molecule has 0 aliphatic carbocycles. The van der Waals surface area contributed by atoms with Gasteiger partial charge in [0.2, 0.25) is 11.8 Å². The molecule has 0 fully saturated rings. The number of carbonyl (C=O) groups excluding carboxylic acids is 2. The van der Waals surface area contributed by atoms with Gasteiger partial charge in [-0.1, -0.05) is 37.3 Å². The molecule has 0 heterocycles. The van der Waals surface area contributed by atoms with E-state index in [-0.39, 0.29) is 0 Å². The van der Waals surface area contributed by atoms with Crippen LogP contribution in [0.4, 0.5) is 0 Å². The second kappa shape index (κ2) is 6.00. The molecule has 0 saturated heterocycles. The van der Waals surface area contributed by atoms with E-state index in [2.05, 4.69) is 5.32 Å². The van der Waals surface area contributed by atoms with Gasteiger partial charge in [-0.2, -0.15) is 0 Å². The molecular formula is C12H17N3O2. The van der Waals surface area contributed by atoms with Gasteiger partial charge < -0.3 is 16.8 Å². The lowest BCUT2D eigenvalue weighted by atomic mass is 10.1. The van der Waals surface area contributed by atoms with E-state index in [1.807, 2.05) is 6.07 Å². The van der Waals surface area contributed by atoms with Gasteiger partial charge in [-0.3, -0.25) is 9.59 Å². The average molecular weight is 235 g/mol. The highest BCUT2D eigenvalue weighted by atomic mass is 16.2. The second-order valence-electron chi connectivity index (χ2n) is 3.76. The van der Waals surface area contributed by atoms with Crippen LogP contribution in [0.15, 0.2) is 30.3 Å². The van der Waals surface area contributed by atoms with Crippen LogP contribution >= 0.6 is 0 Å². The molecule has 1 rings (SSSR count). The predicted octanol–water partition coefficient (Wildman–Crippen LogP) is 0.0665. The third-order valence-electron chi connectivity index (χ3n) is 2.51. The van der Waals surface area contributed by atoms with Crippen molar-refractivity contribution in [3.63, 3.8) is 0 Å². The number of carbonyl (C=O) groups is 2. The monoisotopic (exact) mass is 235 g/mol. The van der Waals surface area contributed by atoms with Crippen molar-refractivity contribution >= 4 is 11.8 Å². The Kier molecular flexibility index (Phi) is 4.66. The smallest absolute Gasteiger partial charge is 0.242 e. The molecule has 5 nitrogen and oxygen atoms in total. The summed E-state index contributed by atoms with van der Waals surface area (Å²) in [6.07, 6.45) is 0.447. The van der Waals surface area contributed by atoms with E-state index in [0.717, 1.165) is 0 Å². The van der Waals surface area contributed by atoms with Crippen LogP contribution in [0, 0.1) is 0 Å². The Balaban J connectivity index is 2.68. The van der Waals surface area contributed by atoms with E-state index in [0.29, 0.717) is 12.0 Å². The van der Waals surface area contributed by atoms with Crippen molar-refractivity contribution in [3.05, 3.63) is 35.9 Å². The van der Waals surface area contributed by atoms with Gasteiger partial charge in [0.05, 0.1) is 0 Å². The van der Waals surface area contributed by atoms with Gasteiger partial charge in [-0.15, -0.1) is 0 Å². The number of hydrogen-bond donors (Lipinski definition) is 3. The molecule has 0 spiro atoms. The highest BCUT2D eigenvalue weighted by molar-refractivity contribution is 5.89. The third kappa shape index (κ3) is 3.57. The van der Waals surface area contributed by atoms with Gasteiger partial charge in [-0.25, -0.2) is 0 Å². The zero-order valence-electron chi connectivity index (χ0n) is 9.72. The molecule has 2 unspecified atom stereocenters. The molecule has 1 aromatic carbocycles. The minimum Gasteiger partial charge on any atom is -0.368 e. The first-order chi connectivity index (χ1) is 8.06. The highest BCUT2D eigenvalue weighted by Gasteiger charge is 2.21. The molecular weight excluding hydrogens is 218 g/mol. The maximum atomic E-state index is 11.8. The van der Waals surface area contributed by atoms with Gasteiger partial charge in [0.1, 0.15) is 12.1 Å². The van der Waals surface area contributed by atoms with E-state index in [4.69, 9.17) is 11.5 Å². The van der Waals surface area contributed by atoms with Gasteiger partial charge in [0, 0.05) is 0 Å². The molecule has 0 aromatic heterocycles. The standard InChI is InChI=1S/C12H17N3O2/c1-2-9(11(14)16)15-12(17)10(13)8-6-4-3-5-7-8/h3-7,9-10H,2,13H2,1H3,(H2,14,16)(H,15,17). The Morgan fingerprint density at radius 3 is 2.35 bits per heavy atom. The van der Waals surface area contributed by atoms with Gasteiger partial charge in [-0.05, 0) is 12.0 Å². The summed E-state index contributed by atoms with van der Waals surface area (Å²) in [6.45, 7) is 1.77. The number of primary amides is 1. The molecule has 92 valence electrons. The molecule has 2 amide bonds. The summed E-state index contributed by atoms with van der Waals surface area (Å²) in [5.74, 6) is -0.956. The number of benzene rings is 1. The Bertz CT molecular complexity index is 392. The molecule has 0 aliphatic heterocycles. The molecule has 0 saturated carbocycles. The van der Waals surface area contributed by atoms with Crippen molar-refractivity contribution in [1.29, 1.82) is 0 Å². The van der Waals surface area contributed by atoms with Crippen molar-refractivity contribution < 1.29 is 9.59 Å². The summed E-state index contributed by atoms with van der Waals surface area (Å²) in [7, 11) is 0. The van der Waals surface area contributed by atoms with Crippen molar-refractivity contribution in [2.75, 3.05) is 0 Å². The molecule has 17 heavy (non-hydrogen) atoms. The minimum absolute atomic E-state index is 0.401. The fourth-order valence-corrected chi connectivity index (χ4v) is 1.45. The fourth-order valence-electron chi connectivity index (χ4n) is 1.45. The second-order valence-corrected chi connectivity index (χ2v) is 3.76. The molecule has 0 bridgehead atoms. The zero-order valence-corrected chi connectivity index (χ0v) is 9.72. The molecule has 2 atom stereocenters. The summed E-state index contributed by atoms with van der Waals surface area (Å²) in [4.78, 5) is 22.8. The quantitative estimate of drug-likeness (QED) is 0.673. The normalized spacial score (nSPS) is 13.8. The van der Waals surface area contributed by atoms with E-state index in [9.17, 15) is 9.59 Å². The first kappa shape index (κ1) is 13.2. The SMILES string of the molecule is CCC(NC(=O)C(N)c1ccccc1)C(N)=O. The lowest BCUT2D eigenvalue weighted by Crippen LogP contribution is -2.47. The molecule has 1 aromatic rings. The van der Waals surface area contributed by atoms with E-state index in [1.54, 1.807) is 31.2 Å². The molecule has 0 radical (unpaired) electrons. The van der Waals surface area contributed by atoms with Crippen LogP contribution in [0.25, 0.3) is 0 Å². The first-order valence-electron chi connectivity index (χ1n) is 5.46. The van der Waals surface area contributed by atoms with E-state index in [1.165, 1.54) is 0 Å². The summed E-state index contributed by atoms with van der Waals surface area (Å²) in [6, 6.07) is 7.50. The average Bonchev–Trinajstić information content (AvgIpc) is 2.35. The largest absolute Gasteiger partial charge is 0.368 e. The van der Waals surface area contributed by atoms with Crippen molar-refractivity contribution in [3.8, 4) is 0 Å². The van der Waals surface area contributed by atoms with E-state index < -0.39 is 23.9 Å². The summed E-state index contributed by atoms with van der Waals surface area (Å²) in [5.41, 5.74) is 11.6. The molecule has 0 aliphatic rings. The lowest BCUT2D eigenvalue weighted by Gasteiger charge is -2.17. The Labute approximate surface area is 100 Å². The fraction of sp³-hybridized carbons (Fsp3) is 0.333. The van der Waals surface area contributed by atoms with Crippen LogP contribution in [0.3, 0.4) is 0 Å². The number of hydrogen-bond acceptors (Lipinski definition) is 3. The van der Waals surface area contributed by atoms with Crippen molar-refractivity contribution in [2.45, 2.75) is 25.4 Å². The van der Waals surface area contributed by atoms with Crippen LogP contribution in [-0.2, 0) is 9.59 Å². The number of rotatable bonds is 5. The topological polar surface area (TPSA) is 98.2 Å². The zero-order chi connectivity index (χ0) is 12.8. The number of amides is 2. The van der Waals surface area contributed by atoms with Crippen LogP contribution in [0.2, 0.25) is 0 Å². The first-order valence-corrected chi connectivity index (χ1v) is 5.46. The summed E-state index contributed by atoms with van der Waals surface area (Å²) in [5, 5.41) is 2.53. The Morgan fingerprint density at radius 2 is 1.88 bits per heavy atom. The van der Waals surface area contributed by atoms with Crippen LogP contribution in [0.1, 0.15) is 24.9 Å². The Hall–Kier alpha value is -1.88.